The summed E-state index contributed by atoms with van der Waals surface area (Å²) in [5, 5.41) is 19.5. The molecule has 0 aliphatic rings. The summed E-state index contributed by atoms with van der Waals surface area (Å²) in [5.74, 6) is -1.09. The highest BCUT2D eigenvalue weighted by molar-refractivity contribution is 6.33. The van der Waals surface area contributed by atoms with Crippen molar-refractivity contribution in [2.45, 2.75) is 0 Å². The number of nitro benzene ring substituents is 1. The average Bonchev–Trinajstić information content (AvgIpc) is 2.84. The number of fused-ring (bicyclic) bond motifs is 1. The SMILES string of the molecule is O=C(Nc1ccccc1C(=O)NN=Cc1cccc2ccccc12)c1ccc([N+](=O)[O-])c(Cl)c1. The zero-order chi connectivity index (χ0) is 24.1. The molecule has 0 aliphatic heterocycles. The van der Waals surface area contributed by atoms with Gasteiger partial charge in [0, 0.05) is 17.2 Å². The van der Waals surface area contributed by atoms with Crippen LogP contribution in [0, 0.1) is 10.1 Å². The Hall–Kier alpha value is -4.56. The van der Waals surface area contributed by atoms with Crippen LogP contribution in [0.5, 0.6) is 0 Å². The standard InChI is InChI=1S/C25H17ClN4O4/c26-21-14-17(12-13-23(21)30(33)34)24(31)28-22-11-4-3-10-20(22)25(32)29-27-15-18-8-5-7-16-6-1-2-9-19(16)18/h1-15H,(H,28,31)(H,29,32). The van der Waals surface area contributed by atoms with Crippen molar-refractivity contribution in [2.75, 3.05) is 5.32 Å². The number of hydrogen-bond acceptors (Lipinski definition) is 5. The van der Waals surface area contributed by atoms with Gasteiger partial charge in [0.05, 0.1) is 22.4 Å². The van der Waals surface area contributed by atoms with Crippen molar-refractivity contribution < 1.29 is 14.5 Å². The fourth-order valence-electron chi connectivity index (χ4n) is 3.36. The summed E-state index contributed by atoms with van der Waals surface area (Å²) in [6.07, 6.45) is 1.56. The van der Waals surface area contributed by atoms with Crippen molar-refractivity contribution >= 4 is 51.8 Å². The third-order valence-corrected chi connectivity index (χ3v) is 5.32. The van der Waals surface area contributed by atoms with Gasteiger partial charge < -0.3 is 5.32 Å². The molecule has 2 N–H and O–H groups in total. The first-order valence-corrected chi connectivity index (χ1v) is 10.5. The number of nitro groups is 1. The highest BCUT2D eigenvalue weighted by Crippen LogP contribution is 2.26. The van der Waals surface area contributed by atoms with Gasteiger partial charge in [0.1, 0.15) is 5.02 Å². The molecule has 0 bridgehead atoms. The molecule has 0 radical (unpaired) electrons. The van der Waals surface area contributed by atoms with Crippen LogP contribution in [0.1, 0.15) is 26.3 Å². The third kappa shape index (κ3) is 4.92. The zero-order valence-corrected chi connectivity index (χ0v) is 18.3. The van der Waals surface area contributed by atoms with E-state index < -0.39 is 16.7 Å². The molecular weight excluding hydrogens is 456 g/mol. The molecule has 9 heteroatoms. The molecule has 0 atom stereocenters. The fraction of sp³-hybridized carbons (Fsp3) is 0. The van der Waals surface area contributed by atoms with Crippen LogP contribution in [-0.4, -0.2) is 23.0 Å². The van der Waals surface area contributed by atoms with Crippen molar-refractivity contribution in [3.63, 3.8) is 0 Å². The summed E-state index contributed by atoms with van der Waals surface area (Å²) >= 11 is 5.90. The van der Waals surface area contributed by atoms with Crippen LogP contribution >= 0.6 is 11.6 Å². The number of anilines is 1. The first-order valence-electron chi connectivity index (χ1n) is 10.1. The number of hydrogen-bond donors (Lipinski definition) is 2. The molecule has 0 aliphatic carbocycles. The molecule has 0 unspecified atom stereocenters. The largest absolute Gasteiger partial charge is 0.321 e. The van der Waals surface area contributed by atoms with Gasteiger partial charge in [0.2, 0.25) is 0 Å². The second kappa shape index (κ2) is 9.93. The molecule has 0 spiro atoms. The van der Waals surface area contributed by atoms with Gasteiger partial charge >= 0.3 is 0 Å². The van der Waals surface area contributed by atoms with E-state index in [2.05, 4.69) is 15.8 Å². The Morgan fingerprint density at radius 3 is 2.44 bits per heavy atom. The Balaban J connectivity index is 1.50. The topological polar surface area (TPSA) is 114 Å². The van der Waals surface area contributed by atoms with Crippen LogP contribution in [-0.2, 0) is 0 Å². The quantitative estimate of drug-likeness (QED) is 0.221. The fourth-order valence-corrected chi connectivity index (χ4v) is 3.61. The summed E-state index contributed by atoms with van der Waals surface area (Å²) in [6, 6.07) is 23.7. The van der Waals surface area contributed by atoms with Crippen molar-refractivity contribution in [1.29, 1.82) is 0 Å². The number of para-hydroxylation sites is 1. The molecule has 0 fully saturated rings. The molecular formula is C25H17ClN4O4. The molecule has 34 heavy (non-hydrogen) atoms. The van der Waals surface area contributed by atoms with Gasteiger partial charge in [-0.05, 0) is 35.0 Å². The highest BCUT2D eigenvalue weighted by atomic mass is 35.5. The van der Waals surface area contributed by atoms with E-state index in [4.69, 9.17) is 11.6 Å². The lowest BCUT2D eigenvalue weighted by Crippen LogP contribution is -2.21. The second-order valence-corrected chi connectivity index (χ2v) is 7.60. The number of benzene rings is 4. The molecule has 8 nitrogen and oxygen atoms in total. The normalized spacial score (nSPS) is 10.9. The Morgan fingerprint density at radius 1 is 0.912 bits per heavy atom. The summed E-state index contributed by atoms with van der Waals surface area (Å²) in [6.45, 7) is 0. The highest BCUT2D eigenvalue weighted by Gasteiger charge is 2.17. The Morgan fingerprint density at radius 2 is 1.65 bits per heavy atom. The minimum atomic E-state index is -0.636. The average molecular weight is 473 g/mol. The number of nitrogens with one attached hydrogen (secondary N) is 2. The molecule has 0 saturated carbocycles. The van der Waals surface area contributed by atoms with Gasteiger partial charge in [-0.25, -0.2) is 5.43 Å². The molecule has 0 heterocycles. The van der Waals surface area contributed by atoms with Crippen molar-refractivity contribution in [3.05, 3.63) is 117 Å². The van der Waals surface area contributed by atoms with Crippen molar-refractivity contribution in [2.24, 2.45) is 5.10 Å². The number of hydrazone groups is 1. The van der Waals surface area contributed by atoms with Crippen LogP contribution in [0.15, 0.2) is 90.0 Å². The molecule has 2 amide bonds. The monoisotopic (exact) mass is 472 g/mol. The van der Waals surface area contributed by atoms with E-state index in [1.807, 2.05) is 42.5 Å². The number of rotatable bonds is 6. The minimum Gasteiger partial charge on any atom is -0.321 e. The molecule has 4 rings (SSSR count). The Bertz CT molecular complexity index is 1450. The van der Waals surface area contributed by atoms with Gasteiger partial charge in [-0.15, -0.1) is 0 Å². The smallest absolute Gasteiger partial charge is 0.287 e. The number of amides is 2. The summed E-state index contributed by atoms with van der Waals surface area (Å²) in [7, 11) is 0. The lowest BCUT2D eigenvalue weighted by Gasteiger charge is -2.10. The number of nitrogens with zero attached hydrogens (tertiary/aromatic N) is 2. The molecule has 4 aromatic carbocycles. The van der Waals surface area contributed by atoms with E-state index in [1.54, 1.807) is 30.5 Å². The number of halogens is 1. The van der Waals surface area contributed by atoms with Crippen molar-refractivity contribution in [1.82, 2.24) is 5.43 Å². The maximum Gasteiger partial charge on any atom is 0.287 e. The second-order valence-electron chi connectivity index (χ2n) is 7.19. The van der Waals surface area contributed by atoms with Crippen LogP contribution in [0.25, 0.3) is 10.8 Å². The van der Waals surface area contributed by atoms with Crippen LogP contribution in [0.3, 0.4) is 0 Å². The Kier molecular flexibility index (Phi) is 6.61. The first kappa shape index (κ1) is 22.6. The first-order chi connectivity index (χ1) is 16.4. The third-order valence-electron chi connectivity index (χ3n) is 5.02. The summed E-state index contributed by atoms with van der Waals surface area (Å²) in [5.41, 5.74) is 3.57. The van der Waals surface area contributed by atoms with E-state index in [0.29, 0.717) is 0 Å². The van der Waals surface area contributed by atoms with Gasteiger partial charge in [-0.2, -0.15) is 5.10 Å². The van der Waals surface area contributed by atoms with Crippen LogP contribution < -0.4 is 10.7 Å². The van der Waals surface area contributed by atoms with Gasteiger partial charge in [0.15, 0.2) is 0 Å². The minimum absolute atomic E-state index is 0.111. The van der Waals surface area contributed by atoms with E-state index in [-0.39, 0.29) is 27.5 Å². The molecule has 168 valence electrons. The van der Waals surface area contributed by atoms with Crippen LogP contribution in [0.4, 0.5) is 11.4 Å². The van der Waals surface area contributed by atoms with E-state index >= 15 is 0 Å². The number of carbonyl (C=O) groups is 2. The van der Waals surface area contributed by atoms with E-state index in [1.165, 1.54) is 12.1 Å². The lowest BCUT2D eigenvalue weighted by atomic mass is 10.1. The summed E-state index contributed by atoms with van der Waals surface area (Å²) < 4.78 is 0. The summed E-state index contributed by atoms with van der Waals surface area (Å²) in [4.78, 5) is 35.7. The van der Waals surface area contributed by atoms with Gasteiger partial charge in [-0.1, -0.05) is 66.2 Å². The molecule has 0 saturated heterocycles. The molecule has 0 aromatic heterocycles. The lowest BCUT2D eigenvalue weighted by molar-refractivity contribution is -0.384. The van der Waals surface area contributed by atoms with Gasteiger partial charge in [0.25, 0.3) is 17.5 Å². The van der Waals surface area contributed by atoms with E-state index in [0.717, 1.165) is 22.4 Å². The maximum atomic E-state index is 12.7. The Labute approximate surface area is 199 Å². The predicted octanol–water partition coefficient (Wildman–Crippen LogP) is 5.42. The predicted molar refractivity (Wildman–Crippen MR) is 132 cm³/mol. The number of carbonyl (C=O) groups excluding carboxylic acids is 2. The maximum absolute atomic E-state index is 12.7. The molecule has 4 aromatic rings. The van der Waals surface area contributed by atoms with Gasteiger partial charge in [-0.3, -0.25) is 19.7 Å². The van der Waals surface area contributed by atoms with Crippen molar-refractivity contribution in [3.8, 4) is 0 Å². The van der Waals surface area contributed by atoms with E-state index in [9.17, 15) is 19.7 Å². The zero-order valence-electron chi connectivity index (χ0n) is 17.6. The van der Waals surface area contributed by atoms with Crippen LogP contribution in [0.2, 0.25) is 5.02 Å².